The zero-order valence-electron chi connectivity index (χ0n) is 9.74. The van der Waals surface area contributed by atoms with E-state index in [1.54, 1.807) is 0 Å². The first-order chi connectivity index (χ1) is 8.65. The predicted octanol–water partition coefficient (Wildman–Crippen LogP) is 3.07. The van der Waals surface area contributed by atoms with Gasteiger partial charge in [-0.2, -0.15) is 0 Å². The summed E-state index contributed by atoms with van der Waals surface area (Å²) in [5, 5.41) is 9.61. The van der Waals surface area contributed by atoms with Crippen LogP contribution >= 0.6 is 15.9 Å². The molecule has 0 bridgehead atoms. The Morgan fingerprint density at radius 1 is 1.22 bits per heavy atom. The van der Waals surface area contributed by atoms with E-state index in [1.807, 2.05) is 12.1 Å². The van der Waals surface area contributed by atoms with Gasteiger partial charge in [-0.25, -0.2) is 0 Å². The molecule has 18 heavy (non-hydrogen) atoms. The van der Waals surface area contributed by atoms with Crippen LogP contribution < -0.4 is 9.47 Å². The Morgan fingerprint density at radius 2 is 1.89 bits per heavy atom. The zero-order chi connectivity index (χ0) is 12.8. The van der Waals surface area contributed by atoms with Crippen LogP contribution in [0.2, 0.25) is 0 Å². The van der Waals surface area contributed by atoms with Crippen LogP contribution in [0.3, 0.4) is 0 Å². The molecule has 2 aliphatic rings. The summed E-state index contributed by atoms with van der Waals surface area (Å²) in [6.45, 7) is 0.153. The van der Waals surface area contributed by atoms with Crippen LogP contribution in [-0.4, -0.2) is 17.9 Å². The Balaban J connectivity index is 2.17. The fraction of sp³-hybridized carbons (Fsp3) is 0.462. The SMILES string of the molecule is O=C(O)C1(c2ccc(Br)c3c2OCO3)CCCC1. The molecule has 1 fully saturated rings. The highest BCUT2D eigenvalue weighted by Gasteiger charge is 2.46. The van der Waals surface area contributed by atoms with Gasteiger partial charge in [0, 0.05) is 5.56 Å². The maximum Gasteiger partial charge on any atom is 0.314 e. The van der Waals surface area contributed by atoms with Gasteiger partial charge in [0.2, 0.25) is 6.79 Å². The Labute approximate surface area is 113 Å². The molecule has 4 nitrogen and oxygen atoms in total. The molecule has 1 aliphatic carbocycles. The third-order valence-corrected chi connectivity index (χ3v) is 4.48. The summed E-state index contributed by atoms with van der Waals surface area (Å²) < 4.78 is 11.7. The van der Waals surface area contributed by atoms with Crippen molar-refractivity contribution in [3.8, 4) is 11.5 Å². The molecule has 0 radical (unpaired) electrons. The molecular weight excluding hydrogens is 300 g/mol. The van der Waals surface area contributed by atoms with Gasteiger partial charge in [0.1, 0.15) is 0 Å². The van der Waals surface area contributed by atoms with Crippen molar-refractivity contribution in [1.29, 1.82) is 0 Å². The van der Waals surface area contributed by atoms with Gasteiger partial charge in [-0.15, -0.1) is 0 Å². The molecule has 1 heterocycles. The average molecular weight is 313 g/mol. The molecule has 5 heteroatoms. The molecule has 0 spiro atoms. The topological polar surface area (TPSA) is 55.8 Å². The van der Waals surface area contributed by atoms with E-state index in [0.29, 0.717) is 24.3 Å². The molecule has 0 atom stereocenters. The number of fused-ring (bicyclic) bond motifs is 1. The molecule has 0 saturated heterocycles. The molecule has 0 amide bonds. The van der Waals surface area contributed by atoms with E-state index < -0.39 is 11.4 Å². The van der Waals surface area contributed by atoms with Crippen molar-refractivity contribution in [2.24, 2.45) is 0 Å². The minimum absolute atomic E-state index is 0.153. The van der Waals surface area contributed by atoms with E-state index >= 15 is 0 Å². The lowest BCUT2D eigenvalue weighted by atomic mass is 9.78. The van der Waals surface area contributed by atoms with Crippen molar-refractivity contribution >= 4 is 21.9 Å². The molecule has 1 aliphatic heterocycles. The summed E-state index contributed by atoms with van der Waals surface area (Å²) in [4.78, 5) is 11.7. The van der Waals surface area contributed by atoms with Crippen molar-refractivity contribution in [2.45, 2.75) is 31.1 Å². The number of carbonyl (C=O) groups is 1. The van der Waals surface area contributed by atoms with E-state index in [4.69, 9.17) is 9.47 Å². The van der Waals surface area contributed by atoms with E-state index in [2.05, 4.69) is 15.9 Å². The maximum atomic E-state index is 11.7. The lowest BCUT2D eigenvalue weighted by molar-refractivity contribution is -0.143. The summed E-state index contributed by atoms with van der Waals surface area (Å²) in [6, 6.07) is 3.68. The van der Waals surface area contributed by atoms with Crippen molar-refractivity contribution < 1.29 is 19.4 Å². The monoisotopic (exact) mass is 312 g/mol. The van der Waals surface area contributed by atoms with Gasteiger partial charge < -0.3 is 14.6 Å². The number of carboxylic acids is 1. The fourth-order valence-corrected chi connectivity index (χ4v) is 3.34. The predicted molar refractivity (Wildman–Crippen MR) is 68.0 cm³/mol. The van der Waals surface area contributed by atoms with Crippen molar-refractivity contribution in [3.63, 3.8) is 0 Å². The number of hydrogen-bond acceptors (Lipinski definition) is 3. The number of rotatable bonds is 2. The highest BCUT2D eigenvalue weighted by molar-refractivity contribution is 9.10. The Morgan fingerprint density at radius 3 is 2.56 bits per heavy atom. The van der Waals surface area contributed by atoms with Crippen molar-refractivity contribution in [1.82, 2.24) is 0 Å². The summed E-state index contributed by atoms with van der Waals surface area (Å²) >= 11 is 3.39. The Bertz CT molecular complexity index is 506. The van der Waals surface area contributed by atoms with Crippen LogP contribution in [0.1, 0.15) is 31.2 Å². The van der Waals surface area contributed by atoms with Crippen molar-refractivity contribution in [2.75, 3.05) is 6.79 Å². The summed E-state index contributed by atoms with van der Waals surface area (Å²) in [5.41, 5.74) is -0.0541. The smallest absolute Gasteiger partial charge is 0.314 e. The molecule has 1 saturated carbocycles. The Hall–Kier alpha value is -1.23. The molecule has 1 aromatic rings. The first kappa shape index (κ1) is 11.8. The van der Waals surface area contributed by atoms with Crippen LogP contribution in [-0.2, 0) is 10.2 Å². The second kappa shape index (κ2) is 4.16. The van der Waals surface area contributed by atoms with Gasteiger partial charge in [-0.3, -0.25) is 4.79 Å². The van der Waals surface area contributed by atoms with E-state index in [1.165, 1.54) is 0 Å². The second-order valence-electron chi connectivity index (χ2n) is 4.75. The van der Waals surface area contributed by atoms with Gasteiger partial charge in [-0.05, 0) is 34.8 Å². The number of benzene rings is 1. The van der Waals surface area contributed by atoms with Gasteiger partial charge in [0.25, 0.3) is 0 Å². The molecule has 0 aromatic heterocycles. The Kier molecular flexibility index (Phi) is 2.73. The average Bonchev–Trinajstić information content (AvgIpc) is 2.98. The van der Waals surface area contributed by atoms with E-state index in [-0.39, 0.29) is 6.79 Å². The maximum absolute atomic E-state index is 11.7. The first-order valence-electron chi connectivity index (χ1n) is 5.97. The van der Waals surface area contributed by atoms with Gasteiger partial charge >= 0.3 is 5.97 Å². The molecule has 0 unspecified atom stereocenters. The van der Waals surface area contributed by atoms with Crippen LogP contribution in [0, 0.1) is 0 Å². The number of carboxylic acid groups (broad SMARTS) is 1. The largest absolute Gasteiger partial charge is 0.481 e. The lowest BCUT2D eigenvalue weighted by Gasteiger charge is -2.25. The minimum atomic E-state index is -0.807. The zero-order valence-corrected chi connectivity index (χ0v) is 11.3. The number of hydrogen-bond donors (Lipinski definition) is 1. The molecule has 1 aromatic carbocycles. The standard InChI is InChI=1S/C13H13BrO4/c14-9-4-3-8(10-11(9)18-7-17-10)13(12(15)16)5-1-2-6-13/h3-4H,1-2,5-7H2,(H,15,16). The summed E-state index contributed by atoms with van der Waals surface area (Å²) in [6.07, 6.45) is 3.22. The molecule has 1 N–H and O–H groups in total. The number of aliphatic carboxylic acids is 1. The van der Waals surface area contributed by atoms with Crippen LogP contribution in [0.4, 0.5) is 0 Å². The fourth-order valence-electron chi connectivity index (χ4n) is 2.92. The molecule has 3 rings (SSSR count). The van der Waals surface area contributed by atoms with E-state index in [9.17, 15) is 9.90 Å². The third-order valence-electron chi connectivity index (χ3n) is 3.85. The molecular formula is C13H13BrO4. The third kappa shape index (κ3) is 1.53. The highest BCUT2D eigenvalue weighted by Crippen LogP contribution is 2.51. The van der Waals surface area contributed by atoms with Gasteiger partial charge in [-0.1, -0.05) is 18.9 Å². The highest BCUT2D eigenvalue weighted by atomic mass is 79.9. The van der Waals surface area contributed by atoms with Crippen LogP contribution in [0.15, 0.2) is 16.6 Å². The number of halogens is 1. The van der Waals surface area contributed by atoms with Crippen LogP contribution in [0.5, 0.6) is 11.5 Å². The summed E-state index contributed by atoms with van der Waals surface area (Å²) in [5.74, 6) is 0.453. The lowest BCUT2D eigenvalue weighted by Crippen LogP contribution is -2.32. The van der Waals surface area contributed by atoms with Crippen molar-refractivity contribution in [3.05, 3.63) is 22.2 Å². The number of ether oxygens (including phenoxy) is 2. The first-order valence-corrected chi connectivity index (χ1v) is 6.76. The minimum Gasteiger partial charge on any atom is -0.481 e. The summed E-state index contributed by atoms with van der Waals surface area (Å²) in [7, 11) is 0. The normalized spacial score (nSPS) is 20.1. The van der Waals surface area contributed by atoms with E-state index in [0.717, 1.165) is 22.9 Å². The second-order valence-corrected chi connectivity index (χ2v) is 5.61. The molecule has 96 valence electrons. The quantitative estimate of drug-likeness (QED) is 0.911. The van der Waals surface area contributed by atoms with Crippen LogP contribution in [0.25, 0.3) is 0 Å². The van der Waals surface area contributed by atoms with Gasteiger partial charge in [0.05, 0.1) is 9.89 Å². The van der Waals surface area contributed by atoms with Gasteiger partial charge in [0.15, 0.2) is 11.5 Å².